The highest BCUT2D eigenvalue weighted by atomic mass is 16.5. The number of carboxylic acid groups (broad SMARTS) is 1. The van der Waals surface area contributed by atoms with Gasteiger partial charge in [-0.05, 0) is 24.7 Å². The minimum absolute atomic E-state index is 0.156. The summed E-state index contributed by atoms with van der Waals surface area (Å²) in [6, 6.07) is -0.820. The summed E-state index contributed by atoms with van der Waals surface area (Å²) in [5.41, 5.74) is 0. The first kappa shape index (κ1) is 14.0. The largest absolute Gasteiger partial charge is 0.480 e. The van der Waals surface area contributed by atoms with Crippen molar-refractivity contribution in [2.24, 2.45) is 11.8 Å². The number of ether oxygens (including phenoxy) is 1. The topological polar surface area (TPSA) is 75.6 Å². The highest BCUT2D eigenvalue weighted by Crippen LogP contribution is 2.20. The molecule has 0 aromatic rings. The van der Waals surface area contributed by atoms with E-state index in [9.17, 15) is 9.59 Å². The molecule has 1 saturated heterocycles. The Bertz CT molecular complexity index is 290. The molecule has 1 aliphatic heterocycles. The maximum atomic E-state index is 11.9. The number of nitrogens with one attached hydrogen (secondary N) is 1. The summed E-state index contributed by atoms with van der Waals surface area (Å²) in [5.74, 6) is -0.914. The molecule has 0 aliphatic carbocycles. The van der Waals surface area contributed by atoms with Crippen molar-refractivity contribution < 1.29 is 19.4 Å². The van der Waals surface area contributed by atoms with E-state index >= 15 is 0 Å². The average molecular weight is 243 g/mol. The number of rotatable bonds is 5. The van der Waals surface area contributed by atoms with E-state index in [-0.39, 0.29) is 17.7 Å². The molecule has 0 aromatic heterocycles. The molecule has 0 spiro atoms. The first-order valence-corrected chi connectivity index (χ1v) is 6.06. The summed E-state index contributed by atoms with van der Waals surface area (Å²) in [6.45, 7) is 6.37. The van der Waals surface area contributed by atoms with Gasteiger partial charge in [0.15, 0.2) is 0 Å². The van der Waals surface area contributed by atoms with E-state index in [2.05, 4.69) is 5.32 Å². The molecule has 5 heteroatoms. The highest BCUT2D eigenvalue weighted by Gasteiger charge is 2.33. The van der Waals surface area contributed by atoms with Crippen LogP contribution in [0.2, 0.25) is 0 Å². The minimum Gasteiger partial charge on any atom is -0.480 e. The molecular formula is C12H21NO4. The van der Waals surface area contributed by atoms with Crippen molar-refractivity contribution in [1.29, 1.82) is 0 Å². The molecule has 1 amide bonds. The van der Waals surface area contributed by atoms with Crippen LogP contribution in [0.1, 0.15) is 33.6 Å². The molecule has 98 valence electrons. The first-order valence-electron chi connectivity index (χ1n) is 6.06. The summed E-state index contributed by atoms with van der Waals surface area (Å²) < 4.78 is 5.31. The van der Waals surface area contributed by atoms with Crippen molar-refractivity contribution in [3.8, 4) is 0 Å². The summed E-state index contributed by atoms with van der Waals surface area (Å²) >= 11 is 0. The average Bonchev–Trinajstić information content (AvgIpc) is 2.62. The van der Waals surface area contributed by atoms with E-state index < -0.39 is 18.1 Å². The standard InChI is InChI=1S/C12H21NO4/c1-7(2)6-9(12(15)16)13-11(14)10-8(3)4-5-17-10/h7-10H,4-6H2,1-3H3,(H,13,14)(H,15,16)/t8?,9-,10?/m0/s1. The van der Waals surface area contributed by atoms with E-state index in [1.165, 1.54) is 0 Å². The van der Waals surface area contributed by atoms with Gasteiger partial charge in [-0.1, -0.05) is 20.8 Å². The molecule has 0 bridgehead atoms. The molecule has 1 aliphatic rings. The molecule has 3 atom stereocenters. The van der Waals surface area contributed by atoms with E-state index in [0.717, 1.165) is 6.42 Å². The third-order valence-electron chi connectivity index (χ3n) is 2.97. The molecule has 2 unspecified atom stereocenters. The van der Waals surface area contributed by atoms with Crippen molar-refractivity contribution in [3.63, 3.8) is 0 Å². The fourth-order valence-electron chi connectivity index (χ4n) is 1.98. The van der Waals surface area contributed by atoms with E-state index in [0.29, 0.717) is 13.0 Å². The number of carbonyl (C=O) groups is 2. The third-order valence-corrected chi connectivity index (χ3v) is 2.97. The van der Waals surface area contributed by atoms with Gasteiger partial charge in [0.05, 0.1) is 0 Å². The lowest BCUT2D eigenvalue weighted by Crippen LogP contribution is -2.47. The van der Waals surface area contributed by atoms with Crippen LogP contribution in [-0.4, -0.2) is 35.7 Å². The fraction of sp³-hybridized carbons (Fsp3) is 0.833. The van der Waals surface area contributed by atoms with Gasteiger partial charge in [-0.2, -0.15) is 0 Å². The van der Waals surface area contributed by atoms with Crippen molar-refractivity contribution in [2.75, 3.05) is 6.61 Å². The maximum Gasteiger partial charge on any atom is 0.326 e. The highest BCUT2D eigenvalue weighted by molar-refractivity contribution is 5.86. The molecule has 2 N–H and O–H groups in total. The maximum absolute atomic E-state index is 11.9. The van der Waals surface area contributed by atoms with Gasteiger partial charge >= 0.3 is 5.97 Å². The van der Waals surface area contributed by atoms with Crippen LogP contribution in [0.15, 0.2) is 0 Å². The van der Waals surface area contributed by atoms with Gasteiger partial charge in [0.25, 0.3) is 0 Å². The van der Waals surface area contributed by atoms with Crippen LogP contribution in [0.5, 0.6) is 0 Å². The number of carbonyl (C=O) groups excluding carboxylic acids is 1. The third kappa shape index (κ3) is 4.00. The van der Waals surface area contributed by atoms with Crippen LogP contribution in [0, 0.1) is 11.8 Å². The number of amides is 1. The molecule has 0 aromatic carbocycles. The van der Waals surface area contributed by atoms with Crippen LogP contribution in [0.4, 0.5) is 0 Å². The lowest BCUT2D eigenvalue weighted by Gasteiger charge is -2.20. The molecule has 0 radical (unpaired) electrons. The van der Waals surface area contributed by atoms with Gasteiger partial charge in [0.2, 0.25) is 5.91 Å². The fourth-order valence-corrected chi connectivity index (χ4v) is 1.98. The van der Waals surface area contributed by atoms with E-state index in [1.54, 1.807) is 0 Å². The van der Waals surface area contributed by atoms with Crippen LogP contribution in [0.25, 0.3) is 0 Å². The van der Waals surface area contributed by atoms with Crippen molar-refractivity contribution in [3.05, 3.63) is 0 Å². The number of carboxylic acids is 1. The zero-order valence-corrected chi connectivity index (χ0v) is 10.6. The summed E-state index contributed by atoms with van der Waals surface area (Å²) in [7, 11) is 0. The Balaban J connectivity index is 2.54. The Labute approximate surface area is 102 Å². The molecule has 1 heterocycles. The van der Waals surface area contributed by atoms with Crippen LogP contribution < -0.4 is 5.32 Å². The lowest BCUT2D eigenvalue weighted by molar-refractivity contribution is -0.144. The van der Waals surface area contributed by atoms with Crippen molar-refractivity contribution in [2.45, 2.75) is 45.8 Å². The van der Waals surface area contributed by atoms with E-state index in [1.807, 2.05) is 20.8 Å². The summed E-state index contributed by atoms with van der Waals surface area (Å²) in [5, 5.41) is 11.6. The second kappa shape index (κ2) is 6.00. The van der Waals surface area contributed by atoms with Gasteiger partial charge < -0.3 is 15.2 Å². The molecule has 1 rings (SSSR count). The van der Waals surface area contributed by atoms with E-state index in [4.69, 9.17) is 9.84 Å². The molecule has 1 fully saturated rings. The zero-order valence-electron chi connectivity index (χ0n) is 10.6. The molecular weight excluding hydrogens is 222 g/mol. The quantitative estimate of drug-likeness (QED) is 0.756. The molecule has 5 nitrogen and oxygen atoms in total. The number of hydrogen-bond acceptors (Lipinski definition) is 3. The van der Waals surface area contributed by atoms with Crippen molar-refractivity contribution >= 4 is 11.9 Å². The Hall–Kier alpha value is -1.10. The smallest absolute Gasteiger partial charge is 0.326 e. The molecule has 17 heavy (non-hydrogen) atoms. The van der Waals surface area contributed by atoms with Gasteiger partial charge in [-0.15, -0.1) is 0 Å². The Morgan fingerprint density at radius 1 is 1.47 bits per heavy atom. The predicted molar refractivity (Wildman–Crippen MR) is 62.5 cm³/mol. The second-order valence-corrected chi connectivity index (χ2v) is 5.09. The summed E-state index contributed by atoms with van der Waals surface area (Å²) in [4.78, 5) is 22.9. The second-order valence-electron chi connectivity index (χ2n) is 5.09. The number of hydrogen-bond donors (Lipinski definition) is 2. The lowest BCUT2D eigenvalue weighted by atomic mass is 10.0. The van der Waals surface area contributed by atoms with Crippen molar-refractivity contribution in [1.82, 2.24) is 5.32 Å². The van der Waals surface area contributed by atoms with Crippen LogP contribution >= 0.6 is 0 Å². The minimum atomic E-state index is -0.988. The van der Waals surface area contributed by atoms with Crippen LogP contribution in [-0.2, 0) is 14.3 Å². The van der Waals surface area contributed by atoms with Gasteiger partial charge in [-0.25, -0.2) is 4.79 Å². The van der Waals surface area contributed by atoms with Crippen LogP contribution in [0.3, 0.4) is 0 Å². The first-order chi connectivity index (χ1) is 7.91. The zero-order chi connectivity index (χ0) is 13.0. The predicted octanol–water partition coefficient (Wildman–Crippen LogP) is 1.03. The van der Waals surface area contributed by atoms with Gasteiger partial charge in [-0.3, -0.25) is 4.79 Å². The SMILES string of the molecule is CC(C)C[C@H](NC(=O)C1OCCC1C)C(=O)O. The molecule has 0 saturated carbocycles. The normalized spacial score (nSPS) is 25.9. The Morgan fingerprint density at radius 3 is 2.53 bits per heavy atom. The monoisotopic (exact) mass is 243 g/mol. The van der Waals surface area contributed by atoms with Gasteiger partial charge in [0.1, 0.15) is 12.1 Å². The Morgan fingerprint density at radius 2 is 2.12 bits per heavy atom. The summed E-state index contributed by atoms with van der Waals surface area (Å²) in [6.07, 6.45) is 0.784. The Kier molecular flexibility index (Phi) is 4.93. The number of aliphatic carboxylic acids is 1. The van der Waals surface area contributed by atoms with Gasteiger partial charge in [0, 0.05) is 6.61 Å².